The molecule has 0 aliphatic rings. The number of Topliss-reactive ketones (excluding diaryl/α,β-unsaturated/α-hetero) is 1. The summed E-state index contributed by atoms with van der Waals surface area (Å²) in [4.78, 5) is 11.1. The van der Waals surface area contributed by atoms with Gasteiger partial charge < -0.3 is 4.57 Å². The average Bonchev–Trinajstić information content (AvgIpc) is 2.30. The van der Waals surface area contributed by atoms with Crippen molar-refractivity contribution in [3.8, 4) is 0 Å². The average molecular weight is 165 g/mol. The van der Waals surface area contributed by atoms with Gasteiger partial charge in [0.15, 0.2) is 5.78 Å². The Morgan fingerprint density at radius 1 is 1.33 bits per heavy atom. The lowest BCUT2D eigenvalue weighted by atomic mass is 10.2. The molecule has 1 aromatic rings. The number of aryl methyl sites for hydroxylation is 2. The molecule has 1 aromatic heterocycles. The zero-order valence-electron chi connectivity index (χ0n) is 8.09. The maximum atomic E-state index is 11.1. The predicted molar refractivity (Wildman–Crippen MR) is 49.3 cm³/mol. The molecule has 2 nitrogen and oxygen atoms in total. The van der Waals surface area contributed by atoms with Crippen molar-refractivity contribution in [3.63, 3.8) is 0 Å². The van der Waals surface area contributed by atoms with Gasteiger partial charge in [0.25, 0.3) is 0 Å². The first-order valence-corrected chi connectivity index (χ1v) is 4.19. The van der Waals surface area contributed by atoms with E-state index in [-0.39, 0.29) is 11.8 Å². The molecule has 0 aromatic carbocycles. The highest BCUT2D eigenvalue weighted by Crippen LogP contribution is 2.15. The summed E-state index contributed by atoms with van der Waals surface area (Å²) in [5.41, 5.74) is 2.30. The standard InChI is InChI=1S/C10H15NO/c1-7-5-6-8(2)11(7)9(3)10(4)12/h5-6,9H,1-4H3/t9-/m0/s1. The lowest BCUT2D eigenvalue weighted by molar-refractivity contribution is -0.119. The number of ketones is 1. The van der Waals surface area contributed by atoms with Gasteiger partial charge in [0, 0.05) is 11.4 Å². The smallest absolute Gasteiger partial charge is 0.152 e. The maximum absolute atomic E-state index is 11.1. The number of hydrogen-bond donors (Lipinski definition) is 0. The monoisotopic (exact) mass is 165 g/mol. The molecule has 0 spiro atoms. The number of nitrogens with zero attached hydrogens (tertiary/aromatic N) is 1. The zero-order chi connectivity index (χ0) is 9.30. The summed E-state index contributed by atoms with van der Waals surface area (Å²) < 4.78 is 2.06. The van der Waals surface area contributed by atoms with Gasteiger partial charge in [-0.3, -0.25) is 4.79 Å². The van der Waals surface area contributed by atoms with Crippen molar-refractivity contribution in [2.45, 2.75) is 33.7 Å². The summed E-state index contributed by atoms with van der Waals surface area (Å²) >= 11 is 0. The Hall–Kier alpha value is -1.05. The third kappa shape index (κ3) is 1.42. The fourth-order valence-electron chi connectivity index (χ4n) is 1.47. The highest BCUT2D eigenvalue weighted by atomic mass is 16.1. The molecule has 0 aliphatic heterocycles. The van der Waals surface area contributed by atoms with Gasteiger partial charge in [-0.15, -0.1) is 0 Å². The van der Waals surface area contributed by atoms with E-state index in [2.05, 4.69) is 4.57 Å². The van der Waals surface area contributed by atoms with Crippen LogP contribution >= 0.6 is 0 Å². The summed E-state index contributed by atoms with van der Waals surface area (Å²) in [7, 11) is 0. The molecule has 12 heavy (non-hydrogen) atoms. The van der Waals surface area contributed by atoms with Crippen LogP contribution in [0.1, 0.15) is 31.3 Å². The Morgan fingerprint density at radius 2 is 1.75 bits per heavy atom. The lowest BCUT2D eigenvalue weighted by Crippen LogP contribution is -2.15. The van der Waals surface area contributed by atoms with Gasteiger partial charge in [-0.2, -0.15) is 0 Å². The minimum absolute atomic E-state index is 0.0278. The van der Waals surface area contributed by atoms with Crippen LogP contribution in [-0.4, -0.2) is 10.4 Å². The van der Waals surface area contributed by atoms with Gasteiger partial charge in [-0.05, 0) is 39.8 Å². The molecule has 1 heterocycles. The molecule has 2 heteroatoms. The lowest BCUT2D eigenvalue weighted by Gasteiger charge is -2.14. The highest BCUT2D eigenvalue weighted by Gasteiger charge is 2.12. The minimum Gasteiger partial charge on any atom is -0.339 e. The van der Waals surface area contributed by atoms with E-state index in [1.807, 2.05) is 32.9 Å². The van der Waals surface area contributed by atoms with Crippen LogP contribution < -0.4 is 0 Å². The van der Waals surface area contributed by atoms with Gasteiger partial charge in [0.2, 0.25) is 0 Å². The van der Waals surface area contributed by atoms with Crippen LogP contribution in [-0.2, 0) is 4.79 Å². The van der Waals surface area contributed by atoms with Gasteiger partial charge in [0.1, 0.15) is 0 Å². The van der Waals surface area contributed by atoms with Gasteiger partial charge in [-0.1, -0.05) is 0 Å². The van der Waals surface area contributed by atoms with Crippen molar-refractivity contribution in [3.05, 3.63) is 23.5 Å². The summed E-state index contributed by atoms with van der Waals surface area (Å²) in [5, 5.41) is 0. The zero-order valence-corrected chi connectivity index (χ0v) is 8.09. The van der Waals surface area contributed by atoms with E-state index in [4.69, 9.17) is 0 Å². The van der Waals surface area contributed by atoms with Crippen molar-refractivity contribution in [2.24, 2.45) is 0 Å². The second-order valence-corrected chi connectivity index (χ2v) is 3.27. The number of aromatic nitrogens is 1. The van der Waals surface area contributed by atoms with Crippen molar-refractivity contribution >= 4 is 5.78 Å². The molecule has 0 amide bonds. The number of hydrogen-bond acceptors (Lipinski definition) is 1. The number of rotatable bonds is 2. The van der Waals surface area contributed by atoms with E-state index < -0.39 is 0 Å². The van der Waals surface area contributed by atoms with E-state index in [1.165, 1.54) is 0 Å². The maximum Gasteiger partial charge on any atom is 0.152 e. The van der Waals surface area contributed by atoms with Crippen LogP contribution in [0, 0.1) is 13.8 Å². The molecule has 0 bridgehead atoms. The first-order chi connectivity index (χ1) is 5.54. The molecule has 0 radical (unpaired) electrons. The quantitative estimate of drug-likeness (QED) is 0.658. The van der Waals surface area contributed by atoms with E-state index in [0.717, 1.165) is 11.4 Å². The third-order valence-corrected chi connectivity index (χ3v) is 2.30. The van der Waals surface area contributed by atoms with Gasteiger partial charge in [-0.25, -0.2) is 0 Å². The van der Waals surface area contributed by atoms with Crippen molar-refractivity contribution in [2.75, 3.05) is 0 Å². The second kappa shape index (κ2) is 3.13. The Kier molecular flexibility index (Phi) is 2.36. The van der Waals surface area contributed by atoms with Gasteiger partial charge in [0.05, 0.1) is 6.04 Å². The molecule has 1 atom stereocenters. The molecular formula is C10H15NO. The fourth-order valence-corrected chi connectivity index (χ4v) is 1.47. The fraction of sp³-hybridized carbons (Fsp3) is 0.500. The number of carbonyl (C=O) groups is 1. The highest BCUT2D eigenvalue weighted by molar-refractivity contribution is 5.79. The van der Waals surface area contributed by atoms with Gasteiger partial charge >= 0.3 is 0 Å². The van der Waals surface area contributed by atoms with E-state index in [0.29, 0.717) is 0 Å². The summed E-state index contributed by atoms with van der Waals surface area (Å²) in [6.45, 7) is 7.60. The summed E-state index contributed by atoms with van der Waals surface area (Å²) in [6.07, 6.45) is 0. The Bertz CT molecular complexity index is 279. The van der Waals surface area contributed by atoms with Crippen LogP contribution in [0.4, 0.5) is 0 Å². The van der Waals surface area contributed by atoms with Crippen molar-refractivity contribution in [1.82, 2.24) is 4.57 Å². The molecule has 0 N–H and O–H groups in total. The Morgan fingerprint density at radius 3 is 2.08 bits per heavy atom. The van der Waals surface area contributed by atoms with Crippen molar-refractivity contribution in [1.29, 1.82) is 0 Å². The largest absolute Gasteiger partial charge is 0.339 e. The summed E-state index contributed by atoms with van der Waals surface area (Å²) in [6, 6.07) is 4.05. The second-order valence-electron chi connectivity index (χ2n) is 3.27. The molecule has 66 valence electrons. The molecule has 0 saturated heterocycles. The SMILES string of the molecule is CC(=O)[C@H](C)n1c(C)ccc1C. The van der Waals surface area contributed by atoms with Crippen LogP contribution in [0.25, 0.3) is 0 Å². The minimum atomic E-state index is -0.0278. The molecular weight excluding hydrogens is 150 g/mol. The molecule has 0 aliphatic carbocycles. The first-order valence-electron chi connectivity index (χ1n) is 4.19. The normalized spacial score (nSPS) is 13.0. The van der Waals surface area contributed by atoms with E-state index in [1.54, 1.807) is 6.92 Å². The van der Waals surface area contributed by atoms with Crippen LogP contribution in [0.3, 0.4) is 0 Å². The molecule has 0 saturated carbocycles. The van der Waals surface area contributed by atoms with Crippen LogP contribution in [0.15, 0.2) is 12.1 Å². The topological polar surface area (TPSA) is 22.0 Å². The van der Waals surface area contributed by atoms with E-state index in [9.17, 15) is 4.79 Å². The Balaban J connectivity index is 3.08. The predicted octanol–water partition coefficient (Wildman–Crippen LogP) is 2.25. The third-order valence-electron chi connectivity index (χ3n) is 2.30. The van der Waals surface area contributed by atoms with Crippen LogP contribution in [0.2, 0.25) is 0 Å². The first kappa shape index (κ1) is 9.04. The van der Waals surface area contributed by atoms with Crippen LogP contribution in [0.5, 0.6) is 0 Å². The van der Waals surface area contributed by atoms with E-state index >= 15 is 0 Å². The van der Waals surface area contributed by atoms with Crippen molar-refractivity contribution < 1.29 is 4.79 Å². The molecule has 1 rings (SSSR count). The Labute approximate surface area is 73.2 Å². The molecule has 0 unspecified atom stereocenters. The number of carbonyl (C=O) groups excluding carboxylic acids is 1. The molecule has 0 fully saturated rings. The summed E-state index contributed by atoms with van der Waals surface area (Å²) in [5.74, 6) is 0.206.